The molecule has 2 aromatic carbocycles. The minimum atomic E-state index is 0.0717. The molecule has 4 rings (SSSR count). The number of allylic oxidation sites excluding steroid dienone is 1. The first-order chi connectivity index (χ1) is 13.0. The van der Waals surface area contributed by atoms with E-state index in [9.17, 15) is 0 Å². The van der Waals surface area contributed by atoms with E-state index in [1.807, 2.05) is 36.4 Å². The summed E-state index contributed by atoms with van der Waals surface area (Å²) in [5.41, 5.74) is 6.12. The molecular formula is C22H20Cl2N2S. The van der Waals surface area contributed by atoms with Crippen LogP contribution in [0, 0.1) is 5.92 Å². The van der Waals surface area contributed by atoms with Gasteiger partial charge in [0.15, 0.2) is 5.11 Å². The summed E-state index contributed by atoms with van der Waals surface area (Å²) in [6, 6.07) is 16.0. The lowest BCUT2D eigenvalue weighted by molar-refractivity contribution is 0.500. The van der Waals surface area contributed by atoms with E-state index < -0.39 is 0 Å². The standard InChI is InChI=1S/C22H20Cl2N2S/c1-13-10-16(12-14-2-6-17(23)7-3-14)21-19(11-13)20(25-22(27)26-21)15-4-8-18(24)9-5-15/h2-9,12-13,20H,10-11H2,1H3,(H2,25,26,27)/b16-12+/t13-,20-/m1/s1. The second-order valence-corrected chi connectivity index (χ2v) is 8.50. The summed E-state index contributed by atoms with van der Waals surface area (Å²) >= 11 is 17.6. The van der Waals surface area contributed by atoms with Gasteiger partial charge in [-0.25, -0.2) is 0 Å². The summed E-state index contributed by atoms with van der Waals surface area (Å²) in [5, 5.41) is 9.00. The second kappa shape index (κ2) is 7.67. The van der Waals surface area contributed by atoms with Gasteiger partial charge in [0, 0.05) is 15.7 Å². The van der Waals surface area contributed by atoms with E-state index in [4.69, 9.17) is 35.4 Å². The zero-order valence-corrected chi connectivity index (χ0v) is 17.3. The van der Waals surface area contributed by atoms with E-state index in [2.05, 4.69) is 35.8 Å². The van der Waals surface area contributed by atoms with Crippen molar-refractivity contribution in [2.24, 2.45) is 5.92 Å². The lowest BCUT2D eigenvalue weighted by atomic mass is 9.78. The minimum absolute atomic E-state index is 0.0717. The van der Waals surface area contributed by atoms with Crippen molar-refractivity contribution in [2.45, 2.75) is 25.8 Å². The van der Waals surface area contributed by atoms with Gasteiger partial charge in [-0.15, -0.1) is 0 Å². The number of nitrogens with one attached hydrogen (secondary N) is 2. The average molecular weight is 415 g/mol. The van der Waals surface area contributed by atoms with Crippen LogP contribution in [0.1, 0.15) is 36.9 Å². The fourth-order valence-electron chi connectivity index (χ4n) is 3.85. The third kappa shape index (κ3) is 4.06. The summed E-state index contributed by atoms with van der Waals surface area (Å²) in [4.78, 5) is 0. The lowest BCUT2D eigenvalue weighted by Gasteiger charge is -2.38. The predicted octanol–water partition coefficient (Wildman–Crippen LogP) is 6.28. The van der Waals surface area contributed by atoms with Crippen molar-refractivity contribution in [3.05, 3.63) is 86.5 Å². The van der Waals surface area contributed by atoms with Crippen molar-refractivity contribution in [3.63, 3.8) is 0 Å². The zero-order chi connectivity index (χ0) is 19.0. The Kier molecular flexibility index (Phi) is 5.27. The molecule has 2 atom stereocenters. The van der Waals surface area contributed by atoms with Gasteiger partial charge in [-0.2, -0.15) is 0 Å². The molecule has 0 spiro atoms. The Morgan fingerprint density at radius 1 is 0.963 bits per heavy atom. The summed E-state index contributed by atoms with van der Waals surface area (Å²) in [6.07, 6.45) is 4.29. The molecule has 0 saturated heterocycles. The van der Waals surface area contributed by atoms with E-state index >= 15 is 0 Å². The van der Waals surface area contributed by atoms with Gasteiger partial charge >= 0.3 is 0 Å². The molecule has 5 heteroatoms. The monoisotopic (exact) mass is 414 g/mol. The molecule has 1 aliphatic heterocycles. The highest BCUT2D eigenvalue weighted by atomic mass is 35.5. The Morgan fingerprint density at radius 2 is 1.59 bits per heavy atom. The van der Waals surface area contributed by atoms with Crippen LogP contribution in [0.4, 0.5) is 0 Å². The zero-order valence-electron chi connectivity index (χ0n) is 14.9. The van der Waals surface area contributed by atoms with E-state index in [-0.39, 0.29) is 6.04 Å². The van der Waals surface area contributed by atoms with Crippen molar-refractivity contribution in [2.75, 3.05) is 0 Å². The number of rotatable bonds is 2. The molecular weight excluding hydrogens is 395 g/mol. The Balaban J connectivity index is 1.78. The Bertz CT molecular complexity index is 930. The molecule has 0 unspecified atom stereocenters. The van der Waals surface area contributed by atoms with Crippen LogP contribution in [-0.2, 0) is 0 Å². The molecule has 0 aromatic heterocycles. The van der Waals surface area contributed by atoms with Crippen LogP contribution in [0.2, 0.25) is 10.0 Å². The molecule has 27 heavy (non-hydrogen) atoms. The van der Waals surface area contributed by atoms with Crippen molar-refractivity contribution in [1.82, 2.24) is 10.6 Å². The molecule has 0 bridgehead atoms. The van der Waals surface area contributed by atoms with Crippen molar-refractivity contribution in [1.29, 1.82) is 0 Å². The molecule has 1 heterocycles. The topological polar surface area (TPSA) is 24.1 Å². The molecule has 0 fully saturated rings. The molecule has 2 N–H and O–H groups in total. The maximum atomic E-state index is 6.08. The van der Waals surface area contributed by atoms with Gasteiger partial charge in [0.05, 0.1) is 6.04 Å². The van der Waals surface area contributed by atoms with E-state index in [0.717, 1.165) is 34.1 Å². The van der Waals surface area contributed by atoms with Crippen LogP contribution in [0.15, 0.2) is 65.4 Å². The smallest absolute Gasteiger partial charge is 0.171 e. The molecule has 2 aliphatic rings. The molecule has 2 nitrogen and oxygen atoms in total. The summed E-state index contributed by atoms with van der Waals surface area (Å²) in [7, 11) is 0. The fourth-order valence-corrected chi connectivity index (χ4v) is 4.33. The van der Waals surface area contributed by atoms with E-state index in [1.54, 1.807) is 0 Å². The van der Waals surface area contributed by atoms with Crippen LogP contribution in [-0.4, -0.2) is 5.11 Å². The molecule has 0 amide bonds. The summed E-state index contributed by atoms with van der Waals surface area (Å²) in [6.45, 7) is 2.30. The fraction of sp³-hybridized carbons (Fsp3) is 0.227. The van der Waals surface area contributed by atoms with Crippen LogP contribution in [0.25, 0.3) is 6.08 Å². The van der Waals surface area contributed by atoms with Gasteiger partial charge in [0.2, 0.25) is 0 Å². The maximum absolute atomic E-state index is 6.08. The predicted molar refractivity (Wildman–Crippen MR) is 118 cm³/mol. The highest BCUT2D eigenvalue weighted by molar-refractivity contribution is 7.80. The van der Waals surface area contributed by atoms with Gasteiger partial charge in [-0.1, -0.05) is 54.4 Å². The summed E-state index contributed by atoms with van der Waals surface area (Å²) < 4.78 is 0. The molecule has 138 valence electrons. The van der Waals surface area contributed by atoms with Crippen LogP contribution >= 0.6 is 35.4 Å². The highest BCUT2D eigenvalue weighted by Crippen LogP contribution is 2.41. The Labute approximate surface area is 175 Å². The Hall–Kier alpha value is -1.81. The van der Waals surface area contributed by atoms with Crippen LogP contribution < -0.4 is 10.6 Å². The van der Waals surface area contributed by atoms with E-state index in [1.165, 1.54) is 16.7 Å². The molecule has 1 aliphatic carbocycles. The van der Waals surface area contributed by atoms with Gasteiger partial charge in [0.1, 0.15) is 0 Å². The van der Waals surface area contributed by atoms with Crippen molar-refractivity contribution < 1.29 is 0 Å². The first-order valence-electron chi connectivity index (χ1n) is 9.02. The Morgan fingerprint density at radius 3 is 2.26 bits per heavy atom. The number of hydrogen-bond acceptors (Lipinski definition) is 1. The number of halogens is 2. The normalized spacial score (nSPS) is 23.7. The molecule has 2 aromatic rings. The minimum Gasteiger partial charge on any atom is -0.352 e. The maximum Gasteiger partial charge on any atom is 0.171 e. The van der Waals surface area contributed by atoms with Crippen molar-refractivity contribution >= 4 is 46.6 Å². The number of thiocarbonyl (C=S) groups is 1. The lowest BCUT2D eigenvalue weighted by Crippen LogP contribution is -2.45. The van der Waals surface area contributed by atoms with Gasteiger partial charge in [-0.05, 0) is 83.6 Å². The van der Waals surface area contributed by atoms with Gasteiger partial charge in [-0.3, -0.25) is 0 Å². The third-order valence-electron chi connectivity index (χ3n) is 5.06. The largest absolute Gasteiger partial charge is 0.352 e. The van der Waals surface area contributed by atoms with Crippen LogP contribution in [0.5, 0.6) is 0 Å². The average Bonchev–Trinajstić information content (AvgIpc) is 2.64. The third-order valence-corrected chi connectivity index (χ3v) is 5.78. The highest BCUT2D eigenvalue weighted by Gasteiger charge is 2.32. The van der Waals surface area contributed by atoms with Gasteiger partial charge in [0.25, 0.3) is 0 Å². The first-order valence-corrected chi connectivity index (χ1v) is 10.2. The van der Waals surface area contributed by atoms with E-state index in [0.29, 0.717) is 11.0 Å². The number of benzene rings is 2. The first kappa shape index (κ1) is 18.5. The van der Waals surface area contributed by atoms with Crippen LogP contribution in [0.3, 0.4) is 0 Å². The summed E-state index contributed by atoms with van der Waals surface area (Å²) in [5.74, 6) is 0.562. The second-order valence-electron chi connectivity index (χ2n) is 7.22. The quantitative estimate of drug-likeness (QED) is 0.565. The van der Waals surface area contributed by atoms with Gasteiger partial charge < -0.3 is 10.6 Å². The number of hydrogen-bond donors (Lipinski definition) is 2. The SMILES string of the molecule is C[C@H]1CC2=C(NC(=S)N[C@@H]2c2ccc(Cl)cc2)/C(=C/c2ccc(Cl)cc2)C1. The van der Waals surface area contributed by atoms with Crippen molar-refractivity contribution in [3.8, 4) is 0 Å². The molecule has 0 radical (unpaired) electrons. The molecule has 0 saturated carbocycles.